The van der Waals surface area contributed by atoms with Crippen molar-refractivity contribution in [3.05, 3.63) is 39.9 Å². The van der Waals surface area contributed by atoms with Gasteiger partial charge in [-0.05, 0) is 12.1 Å². The van der Waals surface area contributed by atoms with E-state index in [0.29, 0.717) is 0 Å². The van der Waals surface area contributed by atoms with Gasteiger partial charge in [0.2, 0.25) is 17.8 Å². The van der Waals surface area contributed by atoms with Gasteiger partial charge in [0, 0.05) is 24.7 Å². The van der Waals surface area contributed by atoms with Crippen molar-refractivity contribution in [3.63, 3.8) is 0 Å². The predicted octanol–water partition coefficient (Wildman–Crippen LogP) is 0.147. The minimum absolute atomic E-state index is 0.128. The van der Waals surface area contributed by atoms with Gasteiger partial charge in [-0.25, -0.2) is 0 Å². The molecule has 22 heavy (non-hydrogen) atoms. The first kappa shape index (κ1) is 13.9. The lowest BCUT2D eigenvalue weighted by Crippen LogP contribution is -2.32. The zero-order valence-corrected chi connectivity index (χ0v) is 11.3. The van der Waals surface area contributed by atoms with Crippen LogP contribution >= 0.6 is 0 Å². The van der Waals surface area contributed by atoms with Crippen LogP contribution < -0.4 is 0 Å². The first-order valence-electron chi connectivity index (χ1n) is 6.26. The summed E-state index contributed by atoms with van der Waals surface area (Å²) in [5.41, 5.74) is -0.198. The maximum Gasteiger partial charge on any atom is 0.274 e. The normalized spacial score (nSPS) is 23.1. The molecule has 2 atom stereocenters. The number of nitrogens with zero attached hydrogens (tertiary/aromatic N) is 3. The summed E-state index contributed by atoms with van der Waals surface area (Å²) in [6.45, 7) is 0. The molecule has 2 heterocycles. The summed E-state index contributed by atoms with van der Waals surface area (Å²) >= 11 is 0. The number of nitro groups is 1. The maximum atomic E-state index is 12.4. The summed E-state index contributed by atoms with van der Waals surface area (Å²) in [5.74, 6) is -2.76. The molecule has 9 heteroatoms. The van der Waals surface area contributed by atoms with Gasteiger partial charge < -0.3 is 4.84 Å². The Morgan fingerprint density at radius 3 is 2.50 bits per heavy atom. The lowest BCUT2D eigenvalue weighted by molar-refractivity contribution is -0.384. The van der Waals surface area contributed by atoms with Gasteiger partial charge in [0.05, 0.1) is 4.92 Å². The minimum Gasteiger partial charge on any atom is -0.381 e. The summed E-state index contributed by atoms with van der Waals surface area (Å²) in [4.78, 5) is 51.9. The van der Waals surface area contributed by atoms with Crippen LogP contribution in [-0.4, -0.2) is 46.3 Å². The van der Waals surface area contributed by atoms with Crippen molar-refractivity contribution in [2.75, 3.05) is 7.05 Å². The summed E-state index contributed by atoms with van der Waals surface area (Å²) < 4.78 is 0. The third-order valence-electron chi connectivity index (χ3n) is 3.61. The quantitative estimate of drug-likeness (QED) is 0.339. The molecule has 2 unspecified atom stereocenters. The Morgan fingerprint density at radius 1 is 1.27 bits per heavy atom. The molecule has 2 amide bonds. The van der Waals surface area contributed by atoms with Crippen molar-refractivity contribution >= 4 is 29.0 Å². The van der Waals surface area contributed by atoms with Crippen LogP contribution in [0.3, 0.4) is 0 Å². The number of Topliss-reactive ketones (excluding diaryl/α,β-unsaturated/α-hetero) is 1. The molecule has 0 radical (unpaired) electrons. The van der Waals surface area contributed by atoms with Gasteiger partial charge >= 0.3 is 0 Å². The second-order valence-corrected chi connectivity index (χ2v) is 4.85. The number of nitro benzene ring substituents is 1. The Hall–Kier alpha value is -3.10. The number of imide groups is 1. The van der Waals surface area contributed by atoms with Crippen LogP contribution in [0.4, 0.5) is 5.69 Å². The lowest BCUT2D eigenvalue weighted by atomic mass is 9.93. The number of benzene rings is 1. The summed E-state index contributed by atoms with van der Waals surface area (Å²) in [6, 6.07) is 4.88. The number of amides is 2. The van der Waals surface area contributed by atoms with E-state index in [1.165, 1.54) is 31.3 Å². The number of rotatable bonds is 3. The van der Waals surface area contributed by atoms with Gasteiger partial charge in [0.15, 0.2) is 0 Å². The fraction of sp³-hybridized carbons (Fsp3) is 0.231. The number of fused-ring (bicyclic) bond motifs is 1. The largest absolute Gasteiger partial charge is 0.381 e. The number of ketones is 1. The van der Waals surface area contributed by atoms with Crippen LogP contribution in [0.2, 0.25) is 0 Å². The third-order valence-corrected chi connectivity index (χ3v) is 3.61. The van der Waals surface area contributed by atoms with E-state index in [1.807, 2.05) is 0 Å². The molecule has 0 spiro atoms. The summed E-state index contributed by atoms with van der Waals surface area (Å²) in [5, 5.41) is 14.1. The molecule has 9 nitrogen and oxygen atoms in total. The average Bonchev–Trinajstić information content (AvgIpc) is 3.04. The zero-order chi connectivity index (χ0) is 16.0. The van der Waals surface area contributed by atoms with Gasteiger partial charge in [0.1, 0.15) is 11.6 Å². The maximum absolute atomic E-state index is 12.4. The molecular formula is C13H9N3O6. The number of hydrogen-bond donors (Lipinski definition) is 0. The van der Waals surface area contributed by atoms with Crippen molar-refractivity contribution in [2.45, 2.75) is 6.10 Å². The predicted molar refractivity (Wildman–Crippen MR) is 71.0 cm³/mol. The van der Waals surface area contributed by atoms with E-state index in [4.69, 9.17) is 4.84 Å². The molecule has 0 saturated carbocycles. The van der Waals surface area contributed by atoms with Crippen molar-refractivity contribution in [1.29, 1.82) is 0 Å². The third kappa shape index (κ3) is 1.86. The molecule has 1 aromatic carbocycles. The molecular weight excluding hydrogens is 294 g/mol. The van der Waals surface area contributed by atoms with Crippen molar-refractivity contribution in [3.8, 4) is 0 Å². The highest BCUT2D eigenvalue weighted by Gasteiger charge is 2.55. The molecule has 3 rings (SSSR count). The Kier molecular flexibility index (Phi) is 2.98. The Morgan fingerprint density at radius 2 is 1.91 bits per heavy atom. The molecule has 1 saturated heterocycles. The Labute approximate surface area is 123 Å². The molecule has 2 aliphatic rings. The van der Waals surface area contributed by atoms with E-state index < -0.39 is 34.5 Å². The number of likely N-dealkylation sites (N-methyl/N-ethyl adjacent to an activating group) is 1. The average molecular weight is 303 g/mol. The van der Waals surface area contributed by atoms with E-state index in [9.17, 15) is 24.5 Å². The van der Waals surface area contributed by atoms with Crippen molar-refractivity contribution in [2.24, 2.45) is 11.1 Å². The summed E-state index contributed by atoms with van der Waals surface area (Å²) in [7, 11) is 1.31. The van der Waals surface area contributed by atoms with Crippen LogP contribution in [-0.2, 0) is 14.4 Å². The van der Waals surface area contributed by atoms with E-state index in [1.54, 1.807) is 0 Å². The highest BCUT2D eigenvalue weighted by Crippen LogP contribution is 2.30. The Balaban J connectivity index is 1.89. The van der Waals surface area contributed by atoms with Crippen LogP contribution in [0.25, 0.3) is 0 Å². The van der Waals surface area contributed by atoms with Crippen LogP contribution in [0, 0.1) is 16.0 Å². The number of oxime groups is 1. The SMILES string of the molecule is CN1C(=O)C2ON=C(C(=O)c3ccc([N+](=O)[O-])cc3)C2C1=O. The molecule has 112 valence electrons. The smallest absolute Gasteiger partial charge is 0.274 e. The van der Waals surface area contributed by atoms with Crippen LogP contribution in [0.15, 0.2) is 29.4 Å². The standard InChI is InChI=1S/C13H9N3O6/c1-15-12(18)8-9(14-22-11(8)13(15)19)10(17)6-2-4-7(5-3-6)16(20)21/h2-5,8,11H,1H3. The molecule has 1 aromatic rings. The van der Waals surface area contributed by atoms with Crippen molar-refractivity contribution in [1.82, 2.24) is 4.90 Å². The first-order chi connectivity index (χ1) is 10.4. The van der Waals surface area contributed by atoms with Gasteiger partial charge in [-0.2, -0.15) is 0 Å². The van der Waals surface area contributed by atoms with Crippen molar-refractivity contribution < 1.29 is 24.1 Å². The molecule has 0 N–H and O–H groups in total. The minimum atomic E-state index is -1.10. The highest BCUT2D eigenvalue weighted by molar-refractivity contribution is 6.51. The number of non-ortho nitro benzene ring substituents is 1. The number of carbonyl (C=O) groups excluding carboxylic acids is 3. The number of likely N-dealkylation sites (tertiary alicyclic amines) is 1. The first-order valence-corrected chi connectivity index (χ1v) is 6.26. The topological polar surface area (TPSA) is 119 Å². The van der Waals surface area contributed by atoms with Crippen LogP contribution in [0.5, 0.6) is 0 Å². The number of carbonyl (C=O) groups is 3. The second-order valence-electron chi connectivity index (χ2n) is 4.85. The zero-order valence-electron chi connectivity index (χ0n) is 11.3. The monoisotopic (exact) mass is 303 g/mol. The number of hydrogen-bond acceptors (Lipinski definition) is 7. The van der Waals surface area contributed by atoms with Gasteiger partial charge in [-0.1, -0.05) is 5.16 Å². The van der Waals surface area contributed by atoms with E-state index in [0.717, 1.165) is 4.90 Å². The van der Waals surface area contributed by atoms with Gasteiger partial charge in [-0.15, -0.1) is 0 Å². The summed E-state index contributed by atoms with van der Waals surface area (Å²) in [6.07, 6.45) is -1.10. The molecule has 0 bridgehead atoms. The Bertz CT molecular complexity index is 739. The molecule has 0 aromatic heterocycles. The fourth-order valence-electron chi connectivity index (χ4n) is 2.38. The van der Waals surface area contributed by atoms with E-state index >= 15 is 0 Å². The lowest BCUT2D eigenvalue weighted by Gasteiger charge is -2.07. The molecule has 0 aliphatic carbocycles. The highest BCUT2D eigenvalue weighted by atomic mass is 16.7. The van der Waals surface area contributed by atoms with Gasteiger partial charge in [0.25, 0.3) is 11.6 Å². The van der Waals surface area contributed by atoms with E-state index in [-0.39, 0.29) is 17.0 Å². The van der Waals surface area contributed by atoms with Crippen LogP contribution in [0.1, 0.15) is 10.4 Å². The second kappa shape index (κ2) is 4.72. The van der Waals surface area contributed by atoms with E-state index in [2.05, 4.69) is 5.16 Å². The van der Waals surface area contributed by atoms with Gasteiger partial charge in [-0.3, -0.25) is 29.4 Å². The molecule has 2 aliphatic heterocycles. The molecule has 1 fully saturated rings. The fourth-order valence-corrected chi connectivity index (χ4v) is 2.38.